The molecule has 7 aromatic carbocycles. The van der Waals surface area contributed by atoms with Gasteiger partial charge in [-0.05, 0) is 86.3 Å². The molecule has 0 spiro atoms. The van der Waals surface area contributed by atoms with E-state index in [1.54, 1.807) is 0 Å². The zero-order valence-electron chi connectivity index (χ0n) is 25.2. The molecule has 214 valence electrons. The highest BCUT2D eigenvalue weighted by atomic mass is 15.0. The molecule has 9 rings (SSSR count). The molecular weight excluding hydrogens is 544 g/mol. The van der Waals surface area contributed by atoms with Crippen LogP contribution < -0.4 is 0 Å². The Morgan fingerprint density at radius 2 is 1.16 bits per heavy atom. The van der Waals surface area contributed by atoms with E-state index in [-0.39, 0.29) is 0 Å². The van der Waals surface area contributed by atoms with Crippen molar-refractivity contribution >= 4 is 54.1 Å². The quantitative estimate of drug-likeness (QED) is 0.150. The van der Waals surface area contributed by atoms with E-state index in [0.717, 1.165) is 12.1 Å². The molecule has 0 aliphatic carbocycles. The molecule has 2 heterocycles. The summed E-state index contributed by atoms with van der Waals surface area (Å²) in [5.74, 6) is 0. The van der Waals surface area contributed by atoms with E-state index in [4.69, 9.17) is 0 Å². The number of hydrogen-bond donors (Lipinski definition) is 0. The molecule has 0 fully saturated rings. The average Bonchev–Trinajstić information content (AvgIpc) is 3.45. The fourth-order valence-corrected chi connectivity index (χ4v) is 6.81. The normalized spacial score (nSPS) is 11.4. The van der Waals surface area contributed by atoms with Crippen LogP contribution in [0.2, 0.25) is 0 Å². The van der Waals surface area contributed by atoms with Crippen LogP contribution in [-0.4, -0.2) is 9.55 Å². The number of hydrogen-bond acceptors (Lipinski definition) is 1. The minimum Gasteiger partial charge on any atom is -0.309 e. The lowest BCUT2D eigenvalue weighted by molar-refractivity contribution is 1.18. The molecule has 0 saturated carbocycles. The van der Waals surface area contributed by atoms with Crippen molar-refractivity contribution in [2.45, 2.75) is 13.3 Å². The Bertz CT molecular complexity index is 2430. The Morgan fingerprint density at radius 1 is 0.578 bits per heavy atom. The molecule has 0 saturated heterocycles. The number of aromatic nitrogens is 2. The van der Waals surface area contributed by atoms with E-state index in [2.05, 4.69) is 157 Å². The van der Waals surface area contributed by atoms with Crippen LogP contribution in [0.3, 0.4) is 0 Å². The van der Waals surface area contributed by atoms with Gasteiger partial charge in [0, 0.05) is 28.2 Å². The van der Waals surface area contributed by atoms with Gasteiger partial charge in [-0.2, -0.15) is 0 Å². The number of benzene rings is 7. The van der Waals surface area contributed by atoms with Gasteiger partial charge in [0.2, 0.25) is 0 Å². The van der Waals surface area contributed by atoms with Gasteiger partial charge in [0.25, 0.3) is 0 Å². The second-order valence-electron chi connectivity index (χ2n) is 11.5. The van der Waals surface area contributed by atoms with Crippen LogP contribution in [-0.2, 0) is 0 Å². The standard InChI is InChI=1S/C39H24N2.C4H8/c1-3-13-36-31(10-1)32-11-2-4-14-37(32)41(36)28-9-7-8-27(24-28)29-19-15-25-18-22-34-30(35-12-5-6-23-40-35)20-16-26-17-21-33(29)38(25)39(26)34;1-3-4-2/h1-24H;3H,1,4H2,2H3. The van der Waals surface area contributed by atoms with Crippen molar-refractivity contribution < 1.29 is 0 Å². The number of para-hydroxylation sites is 2. The maximum atomic E-state index is 4.67. The lowest BCUT2D eigenvalue weighted by Crippen LogP contribution is -1.94. The summed E-state index contributed by atoms with van der Waals surface area (Å²) in [6.45, 7) is 5.54. The SMILES string of the molecule is C=CCC.c1ccc(-c2ccc3ccc4c(-c5cccc(-n6c7ccccc7c7ccccc76)c5)ccc5ccc2c3c54)nc1. The predicted molar refractivity (Wildman–Crippen MR) is 194 cm³/mol. The molecule has 0 amide bonds. The van der Waals surface area contributed by atoms with E-state index < -0.39 is 0 Å². The maximum absolute atomic E-state index is 4.67. The first-order valence-electron chi connectivity index (χ1n) is 15.6. The third-order valence-electron chi connectivity index (χ3n) is 8.89. The molecule has 0 aliphatic heterocycles. The fourth-order valence-electron chi connectivity index (χ4n) is 6.81. The molecule has 0 radical (unpaired) electrons. The third kappa shape index (κ3) is 4.38. The largest absolute Gasteiger partial charge is 0.309 e. The lowest BCUT2D eigenvalue weighted by atomic mass is 9.88. The maximum Gasteiger partial charge on any atom is 0.0708 e. The van der Waals surface area contributed by atoms with E-state index in [1.807, 2.05) is 18.3 Å². The minimum absolute atomic E-state index is 1.00. The number of pyridine rings is 1. The Kier molecular flexibility index (Phi) is 6.61. The number of allylic oxidation sites excluding steroid dienone is 1. The Morgan fingerprint density at radius 3 is 1.78 bits per heavy atom. The summed E-state index contributed by atoms with van der Waals surface area (Å²) in [6, 6.07) is 50.6. The zero-order valence-corrected chi connectivity index (χ0v) is 25.2. The van der Waals surface area contributed by atoms with Crippen molar-refractivity contribution in [3.63, 3.8) is 0 Å². The highest BCUT2D eigenvalue weighted by molar-refractivity contribution is 6.27. The number of rotatable bonds is 4. The van der Waals surface area contributed by atoms with Gasteiger partial charge in [0.15, 0.2) is 0 Å². The molecule has 0 bridgehead atoms. The van der Waals surface area contributed by atoms with Crippen LogP contribution in [0.5, 0.6) is 0 Å². The highest BCUT2D eigenvalue weighted by Gasteiger charge is 2.16. The van der Waals surface area contributed by atoms with Gasteiger partial charge in [0.05, 0.1) is 16.7 Å². The van der Waals surface area contributed by atoms with Gasteiger partial charge < -0.3 is 4.57 Å². The lowest BCUT2D eigenvalue weighted by Gasteiger charge is -2.17. The molecule has 0 N–H and O–H groups in total. The first-order chi connectivity index (χ1) is 22.3. The third-order valence-corrected chi connectivity index (χ3v) is 8.89. The van der Waals surface area contributed by atoms with Gasteiger partial charge >= 0.3 is 0 Å². The molecule has 0 unspecified atom stereocenters. The van der Waals surface area contributed by atoms with Crippen LogP contribution in [0.25, 0.3) is 82.2 Å². The molecule has 2 aromatic heterocycles. The van der Waals surface area contributed by atoms with E-state index in [0.29, 0.717) is 0 Å². The molecule has 2 heteroatoms. The van der Waals surface area contributed by atoms with Crippen molar-refractivity contribution in [1.82, 2.24) is 9.55 Å². The summed E-state index contributed by atoms with van der Waals surface area (Å²) in [4.78, 5) is 4.67. The summed E-state index contributed by atoms with van der Waals surface area (Å²) in [5, 5.41) is 10.2. The predicted octanol–water partition coefficient (Wildman–Crippen LogP) is 12.0. The molecule has 2 nitrogen and oxygen atoms in total. The second-order valence-corrected chi connectivity index (χ2v) is 11.5. The van der Waals surface area contributed by atoms with Crippen LogP contribution in [0, 0.1) is 0 Å². The topological polar surface area (TPSA) is 17.8 Å². The van der Waals surface area contributed by atoms with Gasteiger partial charge in [-0.25, -0.2) is 0 Å². The molecular formula is C43H32N2. The Labute approximate surface area is 262 Å². The summed E-state index contributed by atoms with van der Waals surface area (Å²) in [5.41, 5.74) is 8.26. The van der Waals surface area contributed by atoms with Crippen molar-refractivity contribution in [3.8, 4) is 28.1 Å². The van der Waals surface area contributed by atoms with Crippen LogP contribution >= 0.6 is 0 Å². The Balaban J connectivity index is 0.000000712. The summed E-state index contributed by atoms with van der Waals surface area (Å²) < 4.78 is 2.39. The highest BCUT2D eigenvalue weighted by Crippen LogP contribution is 2.42. The summed E-state index contributed by atoms with van der Waals surface area (Å²) >= 11 is 0. The van der Waals surface area contributed by atoms with Gasteiger partial charge in [-0.3, -0.25) is 4.98 Å². The van der Waals surface area contributed by atoms with Crippen molar-refractivity contribution in [1.29, 1.82) is 0 Å². The van der Waals surface area contributed by atoms with E-state index in [1.165, 1.54) is 76.5 Å². The van der Waals surface area contributed by atoms with Crippen LogP contribution in [0.4, 0.5) is 0 Å². The number of nitrogens with zero attached hydrogens (tertiary/aromatic N) is 2. The smallest absolute Gasteiger partial charge is 0.0708 e. The monoisotopic (exact) mass is 576 g/mol. The van der Waals surface area contributed by atoms with Crippen molar-refractivity contribution in [2.24, 2.45) is 0 Å². The molecule has 9 aromatic rings. The fraction of sp³-hybridized carbons (Fsp3) is 0.0465. The van der Waals surface area contributed by atoms with Crippen LogP contribution in [0.15, 0.2) is 158 Å². The van der Waals surface area contributed by atoms with Gasteiger partial charge in [-0.1, -0.05) is 116 Å². The van der Waals surface area contributed by atoms with Crippen molar-refractivity contribution in [2.75, 3.05) is 0 Å². The first kappa shape index (κ1) is 26.9. The number of fused-ring (bicyclic) bond motifs is 3. The van der Waals surface area contributed by atoms with Crippen molar-refractivity contribution in [3.05, 3.63) is 158 Å². The molecule has 0 aliphatic rings. The van der Waals surface area contributed by atoms with Gasteiger partial charge in [-0.15, -0.1) is 6.58 Å². The summed E-state index contributed by atoms with van der Waals surface area (Å²) in [7, 11) is 0. The zero-order chi connectivity index (χ0) is 30.3. The minimum atomic E-state index is 1.00. The van der Waals surface area contributed by atoms with E-state index >= 15 is 0 Å². The van der Waals surface area contributed by atoms with Gasteiger partial charge in [0.1, 0.15) is 0 Å². The van der Waals surface area contributed by atoms with Crippen LogP contribution in [0.1, 0.15) is 13.3 Å². The molecule has 0 atom stereocenters. The van der Waals surface area contributed by atoms with E-state index in [9.17, 15) is 0 Å². The Hall–Kier alpha value is -5.73. The average molecular weight is 577 g/mol. The first-order valence-corrected chi connectivity index (χ1v) is 15.6. The second kappa shape index (κ2) is 11.1. The summed E-state index contributed by atoms with van der Waals surface area (Å²) in [6.07, 6.45) is 4.83. The molecule has 45 heavy (non-hydrogen) atoms.